The number of esters is 2. The Bertz CT molecular complexity index is 281. The fraction of sp³-hybridized carbons (Fsp3) is 0.583. The Morgan fingerprint density at radius 3 is 1.82 bits per heavy atom. The summed E-state index contributed by atoms with van der Waals surface area (Å²) in [6, 6.07) is 0. The molecule has 2 aliphatic heterocycles. The van der Waals surface area contributed by atoms with Gasteiger partial charge in [-0.2, -0.15) is 0 Å². The highest BCUT2D eigenvalue weighted by molar-refractivity contribution is 5.89. The zero-order valence-corrected chi connectivity index (χ0v) is 10.2. The maximum Gasteiger partial charge on any atom is 0.333 e. The maximum absolute atomic E-state index is 10.5. The molecule has 0 spiro atoms. The highest BCUT2D eigenvalue weighted by Crippen LogP contribution is 2.16. The largest absolute Gasteiger partial charge is 0.463 e. The second-order valence-corrected chi connectivity index (χ2v) is 3.86. The van der Waals surface area contributed by atoms with Gasteiger partial charge in [-0.25, -0.2) is 4.79 Å². The third-order valence-corrected chi connectivity index (χ3v) is 2.22. The molecule has 0 aliphatic carbocycles. The molecule has 0 aromatic heterocycles. The quantitative estimate of drug-likeness (QED) is 0.474. The molecule has 0 aromatic carbocycles. The van der Waals surface area contributed by atoms with E-state index in [9.17, 15) is 9.59 Å². The zero-order chi connectivity index (χ0) is 13.4. The summed E-state index contributed by atoms with van der Waals surface area (Å²) in [6.07, 6.45) is 2.43. The summed E-state index contributed by atoms with van der Waals surface area (Å²) in [7, 11) is 0. The third-order valence-electron chi connectivity index (χ3n) is 2.22. The molecular weight excluding hydrogens is 224 g/mol. The van der Waals surface area contributed by atoms with Crippen molar-refractivity contribution < 1.29 is 23.9 Å². The molecule has 0 bridgehead atoms. The van der Waals surface area contributed by atoms with E-state index in [-0.39, 0.29) is 24.1 Å². The summed E-state index contributed by atoms with van der Waals surface area (Å²) in [6.45, 7) is 9.28. The van der Waals surface area contributed by atoms with Gasteiger partial charge in [0.05, 0.1) is 6.10 Å². The van der Waals surface area contributed by atoms with Crippen LogP contribution in [0.15, 0.2) is 12.2 Å². The Hall–Kier alpha value is -1.65. The van der Waals surface area contributed by atoms with E-state index in [4.69, 9.17) is 14.3 Å². The molecule has 96 valence electrons. The van der Waals surface area contributed by atoms with Crippen LogP contribution in [0.4, 0.5) is 0 Å². The molecule has 2 unspecified atom stereocenters. The first-order valence-electron chi connectivity index (χ1n) is 5.36. The maximum atomic E-state index is 10.5. The van der Waals surface area contributed by atoms with Gasteiger partial charge in [-0.1, -0.05) is 6.58 Å². The molecule has 0 N–H and O–H groups in total. The lowest BCUT2D eigenvalue weighted by Crippen LogP contribution is -1.99. The molecular formula is C12H18O5. The van der Waals surface area contributed by atoms with Crippen molar-refractivity contribution in [3.8, 4) is 0 Å². The summed E-state index contributed by atoms with van der Waals surface area (Å²) in [5.41, 5.74) is 0.595. The van der Waals surface area contributed by atoms with Gasteiger partial charge in [0.2, 0.25) is 0 Å². The van der Waals surface area contributed by atoms with E-state index in [1.165, 1.54) is 0 Å². The van der Waals surface area contributed by atoms with E-state index in [0.29, 0.717) is 18.4 Å². The number of carbonyl (C=O) groups is 3. The van der Waals surface area contributed by atoms with Crippen LogP contribution in [0.2, 0.25) is 0 Å². The lowest BCUT2D eigenvalue weighted by atomic mass is 10.2. The Labute approximate surface area is 101 Å². The van der Waals surface area contributed by atoms with E-state index in [0.717, 1.165) is 6.42 Å². The minimum Gasteiger partial charge on any atom is -0.463 e. The lowest BCUT2D eigenvalue weighted by Gasteiger charge is -1.95. The molecule has 0 radical (unpaired) electrons. The first-order chi connectivity index (χ1) is 7.99. The molecule has 2 heterocycles. The average Bonchev–Trinajstić information content (AvgIpc) is 2.77. The highest BCUT2D eigenvalue weighted by atomic mass is 16.6. The van der Waals surface area contributed by atoms with Crippen molar-refractivity contribution in [1.29, 1.82) is 0 Å². The molecule has 2 aliphatic rings. The number of hydrogen-bond acceptors (Lipinski definition) is 5. The van der Waals surface area contributed by atoms with Crippen LogP contribution in [0.3, 0.4) is 0 Å². The fourth-order valence-electron chi connectivity index (χ4n) is 1.40. The number of carbonyl (C=O) groups excluding carboxylic acids is 3. The second-order valence-electron chi connectivity index (χ2n) is 3.86. The second kappa shape index (κ2) is 7.60. The average molecular weight is 242 g/mol. The molecule has 0 saturated carbocycles. The van der Waals surface area contributed by atoms with Crippen molar-refractivity contribution in [1.82, 2.24) is 0 Å². The van der Waals surface area contributed by atoms with E-state index >= 15 is 0 Å². The molecule has 2 atom stereocenters. The van der Waals surface area contributed by atoms with Crippen LogP contribution < -0.4 is 0 Å². The summed E-state index contributed by atoms with van der Waals surface area (Å²) in [5.74, 6) is -0.287. The van der Waals surface area contributed by atoms with Crippen molar-refractivity contribution in [2.24, 2.45) is 0 Å². The van der Waals surface area contributed by atoms with Crippen LogP contribution in [0, 0.1) is 0 Å². The van der Waals surface area contributed by atoms with Crippen molar-refractivity contribution in [2.45, 2.75) is 45.3 Å². The monoisotopic (exact) mass is 242 g/mol. The fourth-order valence-corrected chi connectivity index (χ4v) is 1.40. The molecule has 17 heavy (non-hydrogen) atoms. The molecule has 0 amide bonds. The standard InChI is InChI=1S/C6H8O2.C5H8O2.CH2O/c1-4-3-5(2)8-6(4)7;1-4-2-3-5(6)7-4;1-2/h5H,1,3H2,2H3;4H,2-3H2,1H3;1H2. The first kappa shape index (κ1) is 15.3. The van der Waals surface area contributed by atoms with Crippen LogP contribution in [0.1, 0.15) is 33.1 Å². The molecule has 2 saturated heterocycles. The van der Waals surface area contributed by atoms with Gasteiger partial charge in [-0.05, 0) is 20.3 Å². The smallest absolute Gasteiger partial charge is 0.333 e. The van der Waals surface area contributed by atoms with Gasteiger partial charge in [0.15, 0.2) is 0 Å². The summed E-state index contributed by atoms with van der Waals surface area (Å²) >= 11 is 0. The van der Waals surface area contributed by atoms with Gasteiger partial charge in [0.25, 0.3) is 0 Å². The summed E-state index contributed by atoms with van der Waals surface area (Å²) in [4.78, 5) is 28.7. The number of hydrogen-bond donors (Lipinski definition) is 0. The molecule has 2 rings (SSSR count). The highest BCUT2D eigenvalue weighted by Gasteiger charge is 2.22. The van der Waals surface area contributed by atoms with Crippen LogP contribution in [-0.2, 0) is 23.9 Å². The number of rotatable bonds is 0. The molecule has 2 fully saturated rings. The SMILES string of the molecule is C=C1CC(C)OC1=O.C=O.CC1CCC(=O)O1. The van der Waals surface area contributed by atoms with Crippen LogP contribution in [0.5, 0.6) is 0 Å². The van der Waals surface area contributed by atoms with E-state index in [2.05, 4.69) is 6.58 Å². The lowest BCUT2D eigenvalue weighted by molar-refractivity contribution is -0.141. The van der Waals surface area contributed by atoms with Crippen LogP contribution >= 0.6 is 0 Å². The minimum atomic E-state index is -0.238. The van der Waals surface area contributed by atoms with Crippen molar-refractivity contribution in [3.63, 3.8) is 0 Å². The Morgan fingerprint density at radius 1 is 1.12 bits per heavy atom. The van der Waals surface area contributed by atoms with Crippen LogP contribution in [0.25, 0.3) is 0 Å². The van der Waals surface area contributed by atoms with E-state index in [1.807, 2.05) is 20.6 Å². The Balaban J connectivity index is 0.000000265. The van der Waals surface area contributed by atoms with Crippen molar-refractivity contribution in [3.05, 3.63) is 12.2 Å². The van der Waals surface area contributed by atoms with Gasteiger partial charge in [-0.15, -0.1) is 0 Å². The van der Waals surface area contributed by atoms with Gasteiger partial charge in [0, 0.05) is 18.4 Å². The van der Waals surface area contributed by atoms with Crippen LogP contribution in [-0.4, -0.2) is 30.9 Å². The molecule has 5 nitrogen and oxygen atoms in total. The van der Waals surface area contributed by atoms with Gasteiger partial charge < -0.3 is 14.3 Å². The predicted molar refractivity (Wildman–Crippen MR) is 61.2 cm³/mol. The molecule has 0 aromatic rings. The third kappa shape index (κ3) is 5.85. The molecule has 5 heteroatoms. The van der Waals surface area contributed by atoms with E-state index in [1.54, 1.807) is 0 Å². The minimum absolute atomic E-state index is 0.0486. The summed E-state index contributed by atoms with van der Waals surface area (Å²) in [5, 5.41) is 0. The number of cyclic esters (lactones) is 2. The number of ether oxygens (including phenoxy) is 2. The van der Waals surface area contributed by atoms with Gasteiger partial charge in [-0.3, -0.25) is 4.79 Å². The van der Waals surface area contributed by atoms with Gasteiger partial charge in [0.1, 0.15) is 12.9 Å². The van der Waals surface area contributed by atoms with Crippen molar-refractivity contribution in [2.75, 3.05) is 0 Å². The summed E-state index contributed by atoms with van der Waals surface area (Å²) < 4.78 is 9.46. The Morgan fingerprint density at radius 2 is 1.71 bits per heavy atom. The predicted octanol–water partition coefficient (Wildman–Crippen LogP) is 1.40. The Kier molecular flexibility index (Phi) is 6.86. The van der Waals surface area contributed by atoms with Gasteiger partial charge >= 0.3 is 11.9 Å². The van der Waals surface area contributed by atoms with Crippen molar-refractivity contribution >= 4 is 18.7 Å². The normalized spacial score (nSPS) is 26.1. The zero-order valence-electron chi connectivity index (χ0n) is 10.2. The first-order valence-corrected chi connectivity index (χ1v) is 5.36. The topological polar surface area (TPSA) is 69.7 Å². The van der Waals surface area contributed by atoms with E-state index < -0.39 is 0 Å².